The molecule has 0 aliphatic heterocycles. The van der Waals surface area contributed by atoms with Crippen LogP contribution in [0.15, 0.2) is 47.3 Å². The molecule has 1 N–H and O–H groups in total. The SMILES string of the molecule is Cc1[nH]c(C)c(-c2ccc(C#CCN(C)Cc3ccc(C(F)(F)F)cc3C(F)(F)F)cc2)c(=O)c1Cl. The van der Waals surface area contributed by atoms with Gasteiger partial charge in [0.15, 0.2) is 0 Å². The molecule has 3 aromatic rings. The monoisotopic (exact) mass is 526 g/mol. The fourth-order valence-corrected chi connectivity index (χ4v) is 3.84. The van der Waals surface area contributed by atoms with E-state index < -0.39 is 23.5 Å². The summed E-state index contributed by atoms with van der Waals surface area (Å²) < 4.78 is 78.6. The Balaban J connectivity index is 1.74. The number of H-pyrrole nitrogens is 1. The van der Waals surface area contributed by atoms with Crippen LogP contribution in [-0.2, 0) is 18.9 Å². The Morgan fingerprint density at radius 3 is 2.17 bits per heavy atom. The molecular formula is C26H21ClF6N2O. The van der Waals surface area contributed by atoms with Gasteiger partial charge in [-0.2, -0.15) is 26.3 Å². The first-order valence-electron chi connectivity index (χ1n) is 10.6. The molecule has 10 heteroatoms. The maximum atomic E-state index is 13.3. The molecule has 0 bridgehead atoms. The minimum atomic E-state index is -4.92. The Morgan fingerprint density at radius 1 is 0.944 bits per heavy atom. The van der Waals surface area contributed by atoms with Gasteiger partial charge in [0.05, 0.1) is 17.7 Å². The smallest absolute Gasteiger partial charge is 0.361 e. The van der Waals surface area contributed by atoms with Crippen LogP contribution in [0, 0.1) is 25.7 Å². The summed E-state index contributed by atoms with van der Waals surface area (Å²) in [7, 11) is 1.52. The Bertz CT molecular complexity index is 1380. The maximum absolute atomic E-state index is 13.3. The molecule has 3 nitrogen and oxygen atoms in total. The van der Waals surface area contributed by atoms with E-state index in [1.807, 2.05) is 0 Å². The zero-order valence-corrected chi connectivity index (χ0v) is 20.2. The first-order valence-corrected chi connectivity index (χ1v) is 11.0. The molecule has 0 unspecified atom stereocenters. The lowest BCUT2D eigenvalue weighted by Gasteiger charge is -2.19. The van der Waals surface area contributed by atoms with Gasteiger partial charge in [-0.15, -0.1) is 0 Å². The van der Waals surface area contributed by atoms with E-state index in [0.29, 0.717) is 34.1 Å². The van der Waals surface area contributed by atoms with Crippen molar-refractivity contribution >= 4 is 11.6 Å². The van der Waals surface area contributed by atoms with Gasteiger partial charge in [0.1, 0.15) is 5.02 Å². The minimum Gasteiger partial charge on any atom is -0.361 e. The third kappa shape index (κ3) is 6.31. The number of benzene rings is 2. The van der Waals surface area contributed by atoms with E-state index in [1.54, 1.807) is 38.1 Å². The highest BCUT2D eigenvalue weighted by Crippen LogP contribution is 2.37. The lowest BCUT2D eigenvalue weighted by molar-refractivity contribution is -0.143. The van der Waals surface area contributed by atoms with Gasteiger partial charge in [-0.05, 0) is 56.3 Å². The third-order valence-electron chi connectivity index (χ3n) is 5.44. The molecule has 36 heavy (non-hydrogen) atoms. The van der Waals surface area contributed by atoms with Crippen molar-refractivity contribution in [3.63, 3.8) is 0 Å². The molecule has 0 amide bonds. The summed E-state index contributed by atoms with van der Waals surface area (Å²) in [6.45, 7) is 3.31. The van der Waals surface area contributed by atoms with Crippen LogP contribution in [0.1, 0.15) is 33.6 Å². The summed E-state index contributed by atoms with van der Waals surface area (Å²) in [4.78, 5) is 17.1. The van der Waals surface area contributed by atoms with E-state index in [1.165, 1.54) is 11.9 Å². The Kier molecular flexibility index (Phi) is 7.91. The highest BCUT2D eigenvalue weighted by Gasteiger charge is 2.38. The molecular weight excluding hydrogens is 506 g/mol. The minimum absolute atomic E-state index is 0.0758. The van der Waals surface area contributed by atoms with E-state index in [-0.39, 0.29) is 35.2 Å². The zero-order chi connectivity index (χ0) is 26.8. The van der Waals surface area contributed by atoms with Crippen molar-refractivity contribution in [1.82, 2.24) is 9.88 Å². The van der Waals surface area contributed by atoms with Crippen LogP contribution in [0.2, 0.25) is 5.02 Å². The van der Waals surface area contributed by atoms with Crippen molar-refractivity contribution in [2.75, 3.05) is 13.6 Å². The summed E-state index contributed by atoms with van der Waals surface area (Å²) >= 11 is 6.07. The van der Waals surface area contributed by atoms with Crippen molar-refractivity contribution in [1.29, 1.82) is 0 Å². The van der Waals surface area contributed by atoms with E-state index in [0.717, 1.165) is 6.07 Å². The molecule has 0 saturated heterocycles. The molecule has 0 fully saturated rings. The fraction of sp³-hybridized carbons (Fsp3) is 0.269. The second-order valence-electron chi connectivity index (χ2n) is 8.31. The summed E-state index contributed by atoms with van der Waals surface area (Å²) in [6.07, 6.45) is -9.80. The maximum Gasteiger partial charge on any atom is 0.416 e. The molecule has 0 aliphatic carbocycles. The molecule has 0 spiro atoms. The van der Waals surface area contributed by atoms with E-state index in [2.05, 4.69) is 16.8 Å². The number of pyridine rings is 1. The van der Waals surface area contributed by atoms with Gasteiger partial charge in [-0.1, -0.05) is 41.6 Å². The van der Waals surface area contributed by atoms with E-state index in [4.69, 9.17) is 11.6 Å². The second kappa shape index (κ2) is 10.4. The number of halogens is 7. The first kappa shape index (κ1) is 27.4. The van der Waals surface area contributed by atoms with Crippen molar-refractivity contribution in [3.8, 4) is 23.0 Å². The van der Waals surface area contributed by atoms with Crippen LogP contribution in [0.5, 0.6) is 0 Å². The van der Waals surface area contributed by atoms with E-state index >= 15 is 0 Å². The van der Waals surface area contributed by atoms with Crippen LogP contribution >= 0.6 is 11.6 Å². The molecule has 2 aromatic carbocycles. The molecule has 1 aromatic heterocycles. The van der Waals surface area contributed by atoms with Crippen LogP contribution in [0.4, 0.5) is 26.3 Å². The Labute approximate surface area is 208 Å². The van der Waals surface area contributed by atoms with Crippen molar-refractivity contribution < 1.29 is 26.3 Å². The molecule has 0 saturated carbocycles. The quantitative estimate of drug-likeness (QED) is 0.299. The predicted octanol–water partition coefficient (Wildman–Crippen LogP) is 6.83. The van der Waals surface area contributed by atoms with Gasteiger partial charge in [-0.25, -0.2) is 0 Å². The lowest BCUT2D eigenvalue weighted by Crippen LogP contribution is -2.21. The fourth-order valence-electron chi connectivity index (χ4n) is 3.69. The predicted molar refractivity (Wildman–Crippen MR) is 127 cm³/mol. The van der Waals surface area contributed by atoms with Gasteiger partial charge < -0.3 is 4.98 Å². The molecule has 1 heterocycles. The summed E-state index contributed by atoms with van der Waals surface area (Å²) in [5.41, 5.74) is -0.276. The molecule has 190 valence electrons. The zero-order valence-electron chi connectivity index (χ0n) is 19.5. The lowest BCUT2D eigenvalue weighted by atomic mass is 10.0. The number of aryl methyl sites for hydroxylation is 2. The topological polar surface area (TPSA) is 36.1 Å². The number of aromatic amines is 1. The van der Waals surface area contributed by atoms with Crippen LogP contribution < -0.4 is 5.43 Å². The third-order valence-corrected chi connectivity index (χ3v) is 5.90. The standard InChI is InChI=1S/C26H21ClF6N2O/c1-15-22(24(36)23(27)16(2)34-15)18-8-6-17(7-9-18)5-4-12-35(3)14-19-10-11-20(25(28,29)30)13-21(19)26(31,32)33/h6-11,13H,12,14H2,1-3H3,(H,34,36). The highest BCUT2D eigenvalue weighted by molar-refractivity contribution is 6.31. The Hall–Kier alpha value is -3.22. The van der Waals surface area contributed by atoms with E-state index in [9.17, 15) is 31.1 Å². The number of alkyl halides is 6. The largest absolute Gasteiger partial charge is 0.416 e. The summed E-state index contributed by atoms with van der Waals surface area (Å²) in [5.74, 6) is 5.73. The first-order chi connectivity index (χ1) is 16.7. The van der Waals surface area contributed by atoms with Gasteiger partial charge in [0.2, 0.25) is 5.43 Å². The normalized spacial score (nSPS) is 12.0. The number of nitrogens with one attached hydrogen (secondary N) is 1. The van der Waals surface area contributed by atoms with Gasteiger partial charge in [0, 0.05) is 29.1 Å². The van der Waals surface area contributed by atoms with Crippen molar-refractivity contribution in [2.45, 2.75) is 32.7 Å². The molecule has 0 radical (unpaired) electrons. The Morgan fingerprint density at radius 2 is 1.58 bits per heavy atom. The average molecular weight is 527 g/mol. The van der Waals surface area contributed by atoms with Crippen molar-refractivity contribution in [3.05, 3.63) is 91.4 Å². The second-order valence-corrected chi connectivity index (χ2v) is 8.69. The highest BCUT2D eigenvalue weighted by atomic mass is 35.5. The molecule has 0 atom stereocenters. The van der Waals surface area contributed by atoms with Crippen LogP contribution in [0.3, 0.4) is 0 Å². The van der Waals surface area contributed by atoms with Crippen molar-refractivity contribution in [2.24, 2.45) is 0 Å². The molecule has 0 aliphatic rings. The van der Waals surface area contributed by atoms with Crippen LogP contribution in [-0.4, -0.2) is 23.5 Å². The van der Waals surface area contributed by atoms with Gasteiger partial charge >= 0.3 is 12.4 Å². The average Bonchev–Trinajstić information content (AvgIpc) is 2.77. The number of hydrogen-bond acceptors (Lipinski definition) is 2. The van der Waals surface area contributed by atoms with Crippen LogP contribution in [0.25, 0.3) is 11.1 Å². The molecule has 3 rings (SSSR count). The number of rotatable bonds is 4. The van der Waals surface area contributed by atoms with Gasteiger partial charge in [0.25, 0.3) is 0 Å². The number of aromatic nitrogens is 1. The van der Waals surface area contributed by atoms with Gasteiger partial charge in [-0.3, -0.25) is 9.69 Å². The summed E-state index contributed by atoms with van der Waals surface area (Å²) in [5, 5.41) is 0.115. The number of hydrogen-bond donors (Lipinski definition) is 1. The number of nitrogens with zero attached hydrogens (tertiary/aromatic N) is 1. The summed E-state index contributed by atoms with van der Waals surface area (Å²) in [6, 6.07) is 8.45.